The van der Waals surface area contributed by atoms with Gasteiger partial charge in [0.15, 0.2) is 5.96 Å². The van der Waals surface area contributed by atoms with Crippen molar-refractivity contribution in [1.82, 2.24) is 5.32 Å². The standard InChI is InChI=1S/C16H31N3O2.HI/c1-11(2)10-18-15(17)19-13-8-6-12(7-9-13)14(20)21-16(3,4)5;/h11-13H,6-10H2,1-5H3,(H3,17,18,19);1H. The van der Waals surface area contributed by atoms with Crippen LogP contribution in [-0.2, 0) is 9.53 Å². The van der Waals surface area contributed by atoms with Crippen molar-refractivity contribution in [3.63, 3.8) is 0 Å². The van der Waals surface area contributed by atoms with E-state index in [9.17, 15) is 4.79 Å². The number of nitrogens with zero attached hydrogens (tertiary/aromatic N) is 1. The van der Waals surface area contributed by atoms with Gasteiger partial charge in [0.2, 0.25) is 0 Å². The molecule has 1 rings (SSSR count). The van der Waals surface area contributed by atoms with Crippen LogP contribution < -0.4 is 11.1 Å². The number of halogens is 1. The highest BCUT2D eigenvalue weighted by Gasteiger charge is 2.29. The van der Waals surface area contributed by atoms with Gasteiger partial charge in [0.1, 0.15) is 5.60 Å². The van der Waals surface area contributed by atoms with Crippen molar-refractivity contribution >= 4 is 35.9 Å². The molecule has 130 valence electrons. The normalized spacial score (nSPS) is 22.9. The number of carbonyl (C=O) groups excluding carboxylic acids is 1. The van der Waals surface area contributed by atoms with E-state index < -0.39 is 5.60 Å². The van der Waals surface area contributed by atoms with Gasteiger partial charge in [-0.15, -0.1) is 24.0 Å². The second-order valence-electron chi connectivity index (χ2n) is 7.35. The average molecular weight is 425 g/mol. The molecule has 0 unspecified atom stereocenters. The van der Waals surface area contributed by atoms with Crippen LogP contribution in [0.4, 0.5) is 0 Å². The summed E-state index contributed by atoms with van der Waals surface area (Å²) in [6.07, 6.45) is 3.57. The number of esters is 1. The van der Waals surface area contributed by atoms with E-state index in [1.807, 2.05) is 20.8 Å². The lowest BCUT2D eigenvalue weighted by molar-refractivity contribution is -0.161. The summed E-state index contributed by atoms with van der Waals surface area (Å²) in [7, 11) is 0. The van der Waals surface area contributed by atoms with Crippen molar-refractivity contribution in [3.8, 4) is 0 Å². The molecule has 0 spiro atoms. The van der Waals surface area contributed by atoms with E-state index in [2.05, 4.69) is 24.2 Å². The van der Waals surface area contributed by atoms with Crippen molar-refractivity contribution in [2.75, 3.05) is 6.54 Å². The largest absolute Gasteiger partial charge is 0.460 e. The number of guanidine groups is 1. The van der Waals surface area contributed by atoms with Crippen molar-refractivity contribution in [2.45, 2.75) is 71.9 Å². The molecule has 5 nitrogen and oxygen atoms in total. The number of hydrogen-bond donors (Lipinski definition) is 2. The fourth-order valence-electron chi connectivity index (χ4n) is 2.39. The molecular formula is C16H32IN3O2. The lowest BCUT2D eigenvalue weighted by atomic mass is 9.86. The molecule has 0 amide bonds. The molecule has 22 heavy (non-hydrogen) atoms. The summed E-state index contributed by atoms with van der Waals surface area (Å²) in [5.74, 6) is 0.983. The van der Waals surface area contributed by atoms with Gasteiger partial charge in [-0.25, -0.2) is 0 Å². The summed E-state index contributed by atoms with van der Waals surface area (Å²) in [6.45, 7) is 10.7. The minimum absolute atomic E-state index is 0. The number of nitrogens with one attached hydrogen (secondary N) is 1. The lowest BCUT2D eigenvalue weighted by Crippen LogP contribution is -2.43. The molecular weight excluding hydrogens is 393 g/mol. The van der Waals surface area contributed by atoms with Crippen LogP contribution in [0.25, 0.3) is 0 Å². The average Bonchev–Trinajstić information content (AvgIpc) is 2.35. The van der Waals surface area contributed by atoms with Crippen LogP contribution in [0.5, 0.6) is 0 Å². The van der Waals surface area contributed by atoms with Gasteiger partial charge in [-0.2, -0.15) is 0 Å². The summed E-state index contributed by atoms with van der Waals surface area (Å²) in [4.78, 5) is 16.3. The zero-order valence-corrected chi connectivity index (χ0v) is 16.8. The molecule has 0 aromatic carbocycles. The third kappa shape index (κ3) is 8.80. The Hall–Kier alpha value is -0.530. The molecule has 1 saturated carbocycles. The van der Waals surface area contributed by atoms with E-state index in [4.69, 9.17) is 10.5 Å². The fraction of sp³-hybridized carbons (Fsp3) is 0.875. The second-order valence-corrected chi connectivity index (χ2v) is 7.35. The van der Waals surface area contributed by atoms with Crippen LogP contribution in [0.1, 0.15) is 60.3 Å². The Kier molecular flexibility index (Phi) is 9.34. The lowest BCUT2D eigenvalue weighted by Gasteiger charge is -2.30. The van der Waals surface area contributed by atoms with Gasteiger partial charge in [0.25, 0.3) is 0 Å². The maximum Gasteiger partial charge on any atom is 0.309 e. The maximum atomic E-state index is 12.0. The van der Waals surface area contributed by atoms with E-state index in [1.165, 1.54) is 0 Å². The van der Waals surface area contributed by atoms with Crippen molar-refractivity contribution < 1.29 is 9.53 Å². The third-order valence-corrected chi connectivity index (χ3v) is 3.45. The number of rotatable bonds is 4. The van der Waals surface area contributed by atoms with Gasteiger partial charge in [-0.1, -0.05) is 13.8 Å². The predicted molar refractivity (Wildman–Crippen MR) is 101 cm³/mol. The minimum Gasteiger partial charge on any atom is -0.460 e. The summed E-state index contributed by atoms with van der Waals surface area (Å²) in [5.41, 5.74) is 5.48. The first-order valence-electron chi connectivity index (χ1n) is 7.96. The Morgan fingerprint density at radius 3 is 2.27 bits per heavy atom. The third-order valence-electron chi connectivity index (χ3n) is 3.45. The van der Waals surface area contributed by atoms with Crippen LogP contribution >= 0.6 is 24.0 Å². The zero-order valence-electron chi connectivity index (χ0n) is 14.5. The SMILES string of the molecule is CC(C)CN=C(N)NC1CCC(C(=O)OC(C)(C)C)CC1.I. The van der Waals surface area contributed by atoms with Crippen molar-refractivity contribution in [1.29, 1.82) is 0 Å². The smallest absolute Gasteiger partial charge is 0.309 e. The Morgan fingerprint density at radius 1 is 1.27 bits per heavy atom. The molecule has 0 radical (unpaired) electrons. The summed E-state index contributed by atoms with van der Waals surface area (Å²) in [5, 5.41) is 3.26. The van der Waals surface area contributed by atoms with E-state index >= 15 is 0 Å². The molecule has 0 aromatic rings. The molecule has 0 heterocycles. The molecule has 1 aliphatic carbocycles. The van der Waals surface area contributed by atoms with Gasteiger partial charge in [0, 0.05) is 12.6 Å². The zero-order chi connectivity index (χ0) is 16.0. The van der Waals surface area contributed by atoms with Crippen molar-refractivity contribution in [3.05, 3.63) is 0 Å². The minimum atomic E-state index is -0.403. The van der Waals surface area contributed by atoms with Gasteiger partial charge in [-0.05, 0) is 52.4 Å². The number of aliphatic imine (C=N–C) groups is 1. The number of carbonyl (C=O) groups is 1. The Bertz CT molecular complexity index is 370. The van der Waals surface area contributed by atoms with Crippen LogP contribution in [0.15, 0.2) is 4.99 Å². The Balaban J connectivity index is 0.00000441. The molecule has 6 heteroatoms. The van der Waals surface area contributed by atoms with Gasteiger partial charge in [0.05, 0.1) is 5.92 Å². The quantitative estimate of drug-likeness (QED) is 0.314. The predicted octanol–water partition coefficient (Wildman–Crippen LogP) is 3.07. The Labute approximate surface area is 151 Å². The highest BCUT2D eigenvalue weighted by atomic mass is 127. The van der Waals surface area contributed by atoms with Crippen LogP contribution in [0, 0.1) is 11.8 Å². The molecule has 1 fully saturated rings. The van der Waals surface area contributed by atoms with E-state index in [1.54, 1.807) is 0 Å². The molecule has 0 aromatic heterocycles. The fourth-order valence-corrected chi connectivity index (χ4v) is 2.39. The van der Waals surface area contributed by atoms with E-state index in [0.717, 1.165) is 32.2 Å². The number of hydrogen-bond acceptors (Lipinski definition) is 3. The maximum absolute atomic E-state index is 12.0. The molecule has 1 aliphatic rings. The van der Waals surface area contributed by atoms with Crippen LogP contribution in [0.2, 0.25) is 0 Å². The monoisotopic (exact) mass is 425 g/mol. The van der Waals surface area contributed by atoms with E-state index in [-0.39, 0.29) is 35.9 Å². The van der Waals surface area contributed by atoms with Gasteiger partial charge >= 0.3 is 5.97 Å². The summed E-state index contributed by atoms with van der Waals surface area (Å²) in [6, 6.07) is 0.319. The topological polar surface area (TPSA) is 76.7 Å². The second kappa shape index (κ2) is 9.57. The molecule has 0 atom stereocenters. The molecule has 0 bridgehead atoms. The first kappa shape index (κ1) is 21.5. The Morgan fingerprint density at radius 2 is 1.82 bits per heavy atom. The summed E-state index contributed by atoms with van der Waals surface area (Å²) >= 11 is 0. The van der Waals surface area contributed by atoms with Gasteiger partial charge < -0.3 is 15.8 Å². The highest BCUT2D eigenvalue weighted by molar-refractivity contribution is 14.0. The molecule has 3 N–H and O–H groups in total. The van der Waals surface area contributed by atoms with Crippen LogP contribution in [0.3, 0.4) is 0 Å². The highest BCUT2D eigenvalue weighted by Crippen LogP contribution is 2.26. The van der Waals surface area contributed by atoms with Gasteiger partial charge in [-0.3, -0.25) is 9.79 Å². The van der Waals surface area contributed by atoms with E-state index in [0.29, 0.717) is 17.9 Å². The first-order valence-corrected chi connectivity index (χ1v) is 7.96. The van der Waals surface area contributed by atoms with Crippen molar-refractivity contribution in [2.24, 2.45) is 22.6 Å². The number of nitrogens with two attached hydrogens (primary N) is 1. The molecule has 0 aliphatic heterocycles. The number of ether oxygens (including phenoxy) is 1. The summed E-state index contributed by atoms with van der Waals surface area (Å²) < 4.78 is 5.45. The molecule has 0 saturated heterocycles. The first-order chi connectivity index (χ1) is 9.67. The van der Waals surface area contributed by atoms with Crippen LogP contribution in [-0.4, -0.2) is 30.1 Å².